The number of nitrogens with zero attached hydrogens (tertiary/aromatic N) is 2. The summed E-state index contributed by atoms with van der Waals surface area (Å²) >= 11 is 12.2. The summed E-state index contributed by atoms with van der Waals surface area (Å²) in [4.78, 5) is 15.8. The van der Waals surface area contributed by atoms with Crippen molar-refractivity contribution in [1.82, 2.24) is 9.55 Å². The molecule has 1 heterocycles. The second-order valence-corrected chi connectivity index (χ2v) is 6.20. The number of carboxylic acid groups (broad SMARTS) is 1. The third-order valence-corrected chi connectivity index (χ3v) is 4.38. The van der Waals surface area contributed by atoms with Gasteiger partial charge in [0.2, 0.25) is 0 Å². The van der Waals surface area contributed by atoms with Gasteiger partial charge in [0.05, 0.1) is 24.4 Å². The number of aromatic nitrogens is 2. The molecular weight excluding hydrogens is 379 g/mol. The normalized spacial score (nSPS) is 10.8. The van der Waals surface area contributed by atoms with Crippen LogP contribution in [0.4, 0.5) is 0 Å². The molecule has 3 rings (SSSR count). The average molecular weight is 393 g/mol. The SMILES string of the molecule is COc1ccc(-n2c(-c3ccc(Cl)cc3Cl)nc(C(=O)O)c2CO)cc1. The molecule has 2 aromatic carbocycles. The first-order valence-electron chi connectivity index (χ1n) is 7.52. The van der Waals surface area contributed by atoms with Crippen LogP contribution < -0.4 is 4.74 Å². The van der Waals surface area contributed by atoms with E-state index in [2.05, 4.69) is 4.98 Å². The molecule has 0 aliphatic rings. The molecule has 134 valence electrons. The Kier molecular flexibility index (Phi) is 5.18. The summed E-state index contributed by atoms with van der Waals surface area (Å²) in [7, 11) is 1.55. The van der Waals surface area contributed by atoms with E-state index in [4.69, 9.17) is 27.9 Å². The average Bonchev–Trinajstić information content (AvgIpc) is 3.01. The summed E-state index contributed by atoms with van der Waals surface area (Å²) < 4.78 is 6.70. The summed E-state index contributed by atoms with van der Waals surface area (Å²) in [6.07, 6.45) is 0. The van der Waals surface area contributed by atoms with E-state index >= 15 is 0 Å². The van der Waals surface area contributed by atoms with Crippen LogP contribution in [0.1, 0.15) is 16.2 Å². The first-order valence-corrected chi connectivity index (χ1v) is 8.27. The van der Waals surface area contributed by atoms with Gasteiger partial charge in [-0.25, -0.2) is 9.78 Å². The van der Waals surface area contributed by atoms with E-state index in [0.29, 0.717) is 32.9 Å². The lowest BCUT2D eigenvalue weighted by molar-refractivity contribution is 0.0687. The molecule has 0 radical (unpaired) electrons. The van der Waals surface area contributed by atoms with E-state index in [-0.39, 0.29) is 11.4 Å². The monoisotopic (exact) mass is 392 g/mol. The first-order chi connectivity index (χ1) is 12.5. The minimum Gasteiger partial charge on any atom is -0.497 e. The van der Waals surface area contributed by atoms with Crippen LogP contribution in [-0.4, -0.2) is 32.8 Å². The fourth-order valence-corrected chi connectivity index (χ4v) is 3.12. The Labute approximate surface area is 159 Å². The fraction of sp³-hybridized carbons (Fsp3) is 0.111. The van der Waals surface area contributed by atoms with Crippen molar-refractivity contribution in [3.05, 3.63) is 63.9 Å². The maximum absolute atomic E-state index is 11.6. The number of hydrogen-bond acceptors (Lipinski definition) is 4. The number of benzene rings is 2. The predicted octanol–water partition coefficient (Wildman–Crippen LogP) is 4.05. The van der Waals surface area contributed by atoms with Gasteiger partial charge in [-0.15, -0.1) is 0 Å². The molecule has 0 saturated heterocycles. The second-order valence-electron chi connectivity index (χ2n) is 5.35. The summed E-state index contributed by atoms with van der Waals surface area (Å²) in [5.41, 5.74) is 0.998. The molecule has 1 aromatic heterocycles. The largest absolute Gasteiger partial charge is 0.497 e. The van der Waals surface area contributed by atoms with Gasteiger partial charge in [0, 0.05) is 16.3 Å². The van der Waals surface area contributed by atoms with Gasteiger partial charge in [-0.05, 0) is 42.5 Å². The molecule has 0 amide bonds. The van der Waals surface area contributed by atoms with Gasteiger partial charge in [-0.2, -0.15) is 0 Å². The smallest absolute Gasteiger partial charge is 0.356 e. The van der Waals surface area contributed by atoms with Crippen molar-refractivity contribution in [2.24, 2.45) is 0 Å². The zero-order valence-electron chi connectivity index (χ0n) is 13.6. The number of aliphatic hydroxyl groups excluding tert-OH is 1. The molecule has 0 fully saturated rings. The molecule has 0 unspecified atom stereocenters. The quantitative estimate of drug-likeness (QED) is 0.684. The van der Waals surface area contributed by atoms with Gasteiger partial charge in [0.15, 0.2) is 5.69 Å². The Morgan fingerprint density at radius 3 is 2.42 bits per heavy atom. The summed E-state index contributed by atoms with van der Waals surface area (Å²) in [5, 5.41) is 20.0. The number of aliphatic hydroxyl groups is 1. The highest BCUT2D eigenvalue weighted by molar-refractivity contribution is 6.36. The maximum atomic E-state index is 11.6. The molecule has 8 heteroatoms. The van der Waals surface area contributed by atoms with Crippen molar-refractivity contribution >= 4 is 29.2 Å². The lowest BCUT2D eigenvalue weighted by Crippen LogP contribution is -2.06. The molecule has 0 spiro atoms. The van der Waals surface area contributed by atoms with E-state index in [1.165, 1.54) is 0 Å². The topological polar surface area (TPSA) is 84.6 Å². The molecular formula is C18H14Cl2N2O4. The van der Waals surface area contributed by atoms with Gasteiger partial charge in [0.25, 0.3) is 0 Å². The number of rotatable bonds is 5. The van der Waals surface area contributed by atoms with Crippen LogP contribution in [-0.2, 0) is 6.61 Å². The van der Waals surface area contributed by atoms with Crippen molar-refractivity contribution in [1.29, 1.82) is 0 Å². The van der Waals surface area contributed by atoms with Crippen LogP contribution >= 0.6 is 23.2 Å². The zero-order chi connectivity index (χ0) is 18.8. The Balaban J connectivity index is 2.30. The van der Waals surface area contributed by atoms with Crippen molar-refractivity contribution in [2.75, 3.05) is 7.11 Å². The van der Waals surface area contributed by atoms with Gasteiger partial charge in [0.1, 0.15) is 11.6 Å². The van der Waals surface area contributed by atoms with E-state index in [1.54, 1.807) is 54.1 Å². The number of carbonyl (C=O) groups is 1. The van der Waals surface area contributed by atoms with E-state index in [1.807, 2.05) is 0 Å². The standard InChI is InChI=1S/C18H14Cl2N2O4/c1-26-12-5-3-11(4-6-12)22-15(9-23)16(18(24)25)21-17(22)13-7-2-10(19)8-14(13)20/h2-8,23H,9H2,1H3,(H,24,25). The molecule has 0 atom stereocenters. The molecule has 2 N–H and O–H groups in total. The minimum atomic E-state index is -1.24. The first kappa shape index (κ1) is 18.3. The highest BCUT2D eigenvalue weighted by Gasteiger charge is 2.24. The number of halogens is 2. The van der Waals surface area contributed by atoms with Crippen molar-refractivity contribution in [3.8, 4) is 22.8 Å². The minimum absolute atomic E-state index is 0.142. The maximum Gasteiger partial charge on any atom is 0.356 e. The van der Waals surface area contributed by atoms with Gasteiger partial charge in [-0.3, -0.25) is 4.57 Å². The number of imidazole rings is 1. The number of aromatic carboxylic acids is 1. The second kappa shape index (κ2) is 7.37. The Hall–Kier alpha value is -2.54. The number of carboxylic acids is 1. The molecule has 26 heavy (non-hydrogen) atoms. The number of ether oxygens (including phenoxy) is 1. The molecule has 0 bridgehead atoms. The highest BCUT2D eigenvalue weighted by Crippen LogP contribution is 2.33. The Morgan fingerprint density at radius 1 is 1.19 bits per heavy atom. The van der Waals surface area contributed by atoms with Crippen molar-refractivity contribution < 1.29 is 19.7 Å². The van der Waals surface area contributed by atoms with Gasteiger partial charge >= 0.3 is 5.97 Å². The third kappa shape index (κ3) is 3.26. The fourth-order valence-electron chi connectivity index (χ4n) is 2.63. The van der Waals surface area contributed by atoms with E-state index in [9.17, 15) is 15.0 Å². The lowest BCUT2D eigenvalue weighted by atomic mass is 10.2. The highest BCUT2D eigenvalue weighted by atomic mass is 35.5. The van der Waals surface area contributed by atoms with Crippen LogP contribution in [0.2, 0.25) is 10.0 Å². The molecule has 0 aliphatic carbocycles. The van der Waals surface area contributed by atoms with Gasteiger partial charge < -0.3 is 14.9 Å². The lowest BCUT2D eigenvalue weighted by Gasteiger charge is -2.13. The molecule has 6 nitrogen and oxygen atoms in total. The molecule has 3 aromatic rings. The van der Waals surface area contributed by atoms with Crippen LogP contribution in [0.3, 0.4) is 0 Å². The molecule has 0 aliphatic heterocycles. The summed E-state index contributed by atoms with van der Waals surface area (Å²) in [5.74, 6) is -0.310. The number of hydrogen-bond donors (Lipinski definition) is 2. The van der Waals surface area contributed by atoms with Crippen LogP contribution in [0.15, 0.2) is 42.5 Å². The van der Waals surface area contributed by atoms with E-state index < -0.39 is 12.6 Å². The third-order valence-electron chi connectivity index (χ3n) is 3.83. The van der Waals surface area contributed by atoms with Crippen molar-refractivity contribution in [2.45, 2.75) is 6.61 Å². The van der Waals surface area contributed by atoms with Crippen LogP contribution in [0, 0.1) is 0 Å². The summed E-state index contributed by atoms with van der Waals surface area (Å²) in [6.45, 7) is -0.508. The predicted molar refractivity (Wildman–Crippen MR) is 98.5 cm³/mol. The van der Waals surface area contributed by atoms with Crippen LogP contribution in [0.5, 0.6) is 5.75 Å². The van der Waals surface area contributed by atoms with Crippen molar-refractivity contribution in [3.63, 3.8) is 0 Å². The summed E-state index contributed by atoms with van der Waals surface area (Å²) in [6, 6.07) is 11.8. The molecule has 0 saturated carbocycles. The number of methoxy groups -OCH3 is 1. The van der Waals surface area contributed by atoms with E-state index in [0.717, 1.165) is 0 Å². The van der Waals surface area contributed by atoms with Crippen LogP contribution in [0.25, 0.3) is 17.1 Å². The Bertz CT molecular complexity index is 968. The van der Waals surface area contributed by atoms with Gasteiger partial charge in [-0.1, -0.05) is 23.2 Å². The Morgan fingerprint density at radius 2 is 1.88 bits per heavy atom. The zero-order valence-corrected chi connectivity index (χ0v) is 15.1.